The van der Waals surface area contributed by atoms with Crippen molar-refractivity contribution in [2.24, 2.45) is 10.9 Å². The van der Waals surface area contributed by atoms with Gasteiger partial charge in [-0.3, -0.25) is 4.99 Å². The Bertz CT molecular complexity index is 663. The molecular formula is C20H31IN4OS. The zero-order valence-electron chi connectivity index (χ0n) is 16.4. The number of nitrogens with zero attached hydrogens (tertiary/aromatic N) is 2. The first-order chi connectivity index (χ1) is 12.7. The predicted octanol–water partition coefficient (Wildman–Crippen LogP) is 4.02. The van der Waals surface area contributed by atoms with E-state index in [0.29, 0.717) is 12.5 Å². The first-order valence-corrected chi connectivity index (χ1v) is 10.0. The molecule has 0 aliphatic heterocycles. The second-order valence-electron chi connectivity index (χ2n) is 6.47. The number of rotatable bonds is 10. The Balaban J connectivity index is 0.00000364. The highest BCUT2D eigenvalue weighted by molar-refractivity contribution is 14.0. The second-order valence-corrected chi connectivity index (χ2v) is 7.41. The van der Waals surface area contributed by atoms with E-state index in [1.807, 2.05) is 25.1 Å². The van der Waals surface area contributed by atoms with Crippen molar-refractivity contribution >= 4 is 41.3 Å². The van der Waals surface area contributed by atoms with E-state index in [0.717, 1.165) is 44.2 Å². The smallest absolute Gasteiger partial charge is 0.190 e. The van der Waals surface area contributed by atoms with Crippen LogP contribution in [0.2, 0.25) is 0 Å². The van der Waals surface area contributed by atoms with Crippen LogP contribution in [0.15, 0.2) is 40.7 Å². The topological polar surface area (TPSA) is 58.5 Å². The molecule has 1 atom stereocenters. The minimum Gasteiger partial charge on any atom is -0.376 e. The highest BCUT2D eigenvalue weighted by Gasteiger charge is 2.05. The molecule has 1 unspecified atom stereocenters. The molecule has 5 nitrogen and oxygen atoms in total. The Morgan fingerprint density at radius 1 is 1.26 bits per heavy atom. The van der Waals surface area contributed by atoms with Gasteiger partial charge in [0, 0.05) is 37.6 Å². The van der Waals surface area contributed by atoms with Gasteiger partial charge in [-0.1, -0.05) is 37.3 Å². The van der Waals surface area contributed by atoms with Crippen molar-refractivity contribution in [3.8, 4) is 0 Å². The lowest BCUT2D eigenvalue weighted by atomic mass is 10.2. The summed E-state index contributed by atoms with van der Waals surface area (Å²) in [6.07, 6.45) is 2.05. The van der Waals surface area contributed by atoms with Crippen LogP contribution in [0.5, 0.6) is 0 Å². The fraction of sp³-hybridized carbons (Fsp3) is 0.500. The van der Waals surface area contributed by atoms with Gasteiger partial charge in [0.15, 0.2) is 5.96 Å². The number of hydrogen-bond acceptors (Lipinski definition) is 4. The lowest BCUT2D eigenvalue weighted by molar-refractivity contribution is 0.0931. The van der Waals surface area contributed by atoms with Crippen LogP contribution in [0.3, 0.4) is 0 Å². The molecule has 0 saturated heterocycles. The maximum atomic E-state index is 5.79. The van der Waals surface area contributed by atoms with Crippen LogP contribution in [0.25, 0.3) is 0 Å². The molecule has 7 heteroatoms. The number of hydrogen-bond donors (Lipinski definition) is 2. The number of thiazole rings is 1. The third-order valence-electron chi connectivity index (χ3n) is 3.88. The summed E-state index contributed by atoms with van der Waals surface area (Å²) in [4.78, 5) is 8.77. The van der Waals surface area contributed by atoms with Crippen molar-refractivity contribution in [2.75, 3.05) is 26.7 Å². The third kappa shape index (κ3) is 10.1. The van der Waals surface area contributed by atoms with Gasteiger partial charge in [-0.15, -0.1) is 35.3 Å². The quantitative estimate of drug-likeness (QED) is 0.223. The summed E-state index contributed by atoms with van der Waals surface area (Å²) in [6.45, 7) is 7.32. The summed E-state index contributed by atoms with van der Waals surface area (Å²) < 4.78 is 5.79. The van der Waals surface area contributed by atoms with Crippen LogP contribution < -0.4 is 10.6 Å². The highest BCUT2D eigenvalue weighted by Crippen LogP contribution is 2.10. The lowest BCUT2D eigenvalue weighted by Crippen LogP contribution is -2.40. The molecule has 2 rings (SSSR count). The van der Waals surface area contributed by atoms with Gasteiger partial charge in [0.1, 0.15) is 0 Å². The molecule has 0 saturated carbocycles. The maximum absolute atomic E-state index is 5.79. The van der Waals surface area contributed by atoms with Crippen molar-refractivity contribution in [3.63, 3.8) is 0 Å². The molecule has 0 amide bonds. The lowest BCUT2D eigenvalue weighted by Gasteiger charge is -2.16. The van der Waals surface area contributed by atoms with Crippen molar-refractivity contribution in [2.45, 2.75) is 33.3 Å². The van der Waals surface area contributed by atoms with Crippen molar-refractivity contribution in [1.82, 2.24) is 15.6 Å². The first-order valence-electron chi connectivity index (χ1n) is 9.14. The van der Waals surface area contributed by atoms with Crippen molar-refractivity contribution < 1.29 is 4.74 Å². The summed E-state index contributed by atoms with van der Waals surface area (Å²) >= 11 is 1.74. The molecule has 1 aromatic heterocycles. The molecule has 150 valence electrons. The third-order valence-corrected chi connectivity index (χ3v) is 4.91. The van der Waals surface area contributed by atoms with E-state index >= 15 is 0 Å². The molecule has 1 aromatic carbocycles. The van der Waals surface area contributed by atoms with E-state index in [9.17, 15) is 0 Å². The Kier molecular flexibility index (Phi) is 12.3. The molecule has 0 fully saturated rings. The van der Waals surface area contributed by atoms with E-state index in [2.05, 4.69) is 45.0 Å². The number of halogens is 1. The van der Waals surface area contributed by atoms with E-state index in [1.54, 1.807) is 18.4 Å². The summed E-state index contributed by atoms with van der Waals surface area (Å²) in [5.74, 6) is 1.26. The maximum Gasteiger partial charge on any atom is 0.190 e. The van der Waals surface area contributed by atoms with Gasteiger partial charge >= 0.3 is 0 Å². The molecule has 0 radical (unpaired) electrons. The number of nitrogens with one attached hydrogen (secondary N) is 2. The summed E-state index contributed by atoms with van der Waals surface area (Å²) in [7, 11) is 1.80. The van der Waals surface area contributed by atoms with Crippen LogP contribution >= 0.6 is 35.3 Å². The van der Waals surface area contributed by atoms with Gasteiger partial charge in [0.25, 0.3) is 0 Å². The van der Waals surface area contributed by atoms with Crippen LogP contribution in [-0.4, -0.2) is 37.7 Å². The molecule has 2 aromatic rings. The highest BCUT2D eigenvalue weighted by atomic mass is 127. The first kappa shape index (κ1) is 23.8. The minimum atomic E-state index is 0. The van der Waals surface area contributed by atoms with E-state index in [1.165, 1.54) is 10.6 Å². The minimum absolute atomic E-state index is 0. The van der Waals surface area contributed by atoms with Crippen LogP contribution in [0.1, 0.15) is 29.6 Å². The molecule has 0 bridgehead atoms. The molecule has 27 heavy (non-hydrogen) atoms. The number of ether oxygens (including phenoxy) is 1. The number of aryl methyl sites for hydroxylation is 2. The Labute approximate surface area is 184 Å². The largest absolute Gasteiger partial charge is 0.376 e. The molecule has 0 spiro atoms. The number of guanidine groups is 1. The van der Waals surface area contributed by atoms with Gasteiger partial charge in [-0.25, -0.2) is 4.98 Å². The normalized spacial score (nSPS) is 12.3. The number of aromatic nitrogens is 1. The fourth-order valence-electron chi connectivity index (χ4n) is 2.47. The van der Waals surface area contributed by atoms with E-state index in [4.69, 9.17) is 4.74 Å². The van der Waals surface area contributed by atoms with Crippen LogP contribution in [0.4, 0.5) is 0 Å². The molecule has 0 aliphatic carbocycles. The standard InChI is InChI=1S/C20H30N4OS.HI/c1-16(13-25-14-18-8-5-4-6-9-18)12-23-20(21-3)22-11-7-10-19-24-17(2)15-26-19;/h4-6,8-9,15-16H,7,10-14H2,1-3H3,(H2,21,22,23);1H. The molecule has 2 N–H and O–H groups in total. The predicted molar refractivity (Wildman–Crippen MR) is 125 cm³/mol. The summed E-state index contributed by atoms with van der Waals surface area (Å²) in [5, 5.41) is 10.0. The van der Waals surface area contributed by atoms with E-state index < -0.39 is 0 Å². The average Bonchev–Trinajstić information content (AvgIpc) is 3.07. The average molecular weight is 502 g/mol. The SMILES string of the molecule is CN=C(NCCCc1nc(C)cs1)NCC(C)COCc1ccccc1.I. The Morgan fingerprint density at radius 2 is 2.04 bits per heavy atom. The zero-order chi connectivity index (χ0) is 18.6. The van der Waals surface area contributed by atoms with Crippen molar-refractivity contribution in [1.29, 1.82) is 0 Å². The molecule has 0 aliphatic rings. The Morgan fingerprint density at radius 3 is 2.70 bits per heavy atom. The second kappa shape index (κ2) is 13.9. The Hall–Kier alpha value is -1.19. The number of aliphatic imine (C=N–C) groups is 1. The summed E-state index contributed by atoms with van der Waals surface area (Å²) in [6, 6.07) is 10.3. The van der Waals surface area contributed by atoms with Crippen molar-refractivity contribution in [3.05, 3.63) is 52.0 Å². The molecular weight excluding hydrogens is 471 g/mol. The van der Waals surface area contributed by atoms with E-state index in [-0.39, 0.29) is 24.0 Å². The van der Waals surface area contributed by atoms with Gasteiger partial charge in [-0.05, 0) is 24.8 Å². The fourth-order valence-corrected chi connectivity index (χ4v) is 3.28. The zero-order valence-corrected chi connectivity index (χ0v) is 19.6. The van der Waals surface area contributed by atoms with Gasteiger partial charge in [0.2, 0.25) is 0 Å². The van der Waals surface area contributed by atoms with Gasteiger partial charge < -0.3 is 15.4 Å². The van der Waals surface area contributed by atoms with Crippen LogP contribution in [-0.2, 0) is 17.8 Å². The molecule has 1 heterocycles. The van der Waals surface area contributed by atoms with Crippen LogP contribution in [0, 0.1) is 12.8 Å². The summed E-state index contributed by atoms with van der Waals surface area (Å²) in [5.41, 5.74) is 2.32. The van der Waals surface area contributed by atoms with Gasteiger partial charge in [0.05, 0.1) is 18.2 Å². The van der Waals surface area contributed by atoms with Gasteiger partial charge in [-0.2, -0.15) is 0 Å². The monoisotopic (exact) mass is 502 g/mol. The number of benzene rings is 1.